The van der Waals surface area contributed by atoms with Gasteiger partial charge in [0.2, 0.25) is 0 Å². The van der Waals surface area contributed by atoms with E-state index in [0.717, 1.165) is 67.1 Å². The fourth-order valence-electron chi connectivity index (χ4n) is 8.65. The maximum absolute atomic E-state index is 5.33. The van der Waals surface area contributed by atoms with Crippen LogP contribution in [-0.4, -0.2) is 14.5 Å². The van der Waals surface area contributed by atoms with Gasteiger partial charge in [-0.15, -0.1) is 0 Å². The lowest BCUT2D eigenvalue weighted by Gasteiger charge is -2.21. The topological polar surface area (TPSA) is 30.7 Å². The Labute approximate surface area is 355 Å². The van der Waals surface area contributed by atoms with Gasteiger partial charge in [-0.25, -0.2) is 9.97 Å². The lowest BCUT2D eigenvalue weighted by Crippen LogP contribution is -2.03. The van der Waals surface area contributed by atoms with E-state index < -0.39 is 0 Å². The molecule has 3 heteroatoms. The molecule has 0 N–H and O–H groups in total. The molecule has 0 saturated heterocycles. The van der Waals surface area contributed by atoms with E-state index in [9.17, 15) is 0 Å². The maximum Gasteiger partial charge on any atom is 0.160 e. The number of rotatable bonds is 8. The average molecular weight is 778 g/mol. The second kappa shape index (κ2) is 15.6. The quantitative estimate of drug-likeness (QED) is 0.154. The summed E-state index contributed by atoms with van der Waals surface area (Å²) in [7, 11) is 0. The summed E-state index contributed by atoms with van der Waals surface area (Å²) in [5.74, 6) is 0.668. The largest absolute Gasteiger partial charge is 0.308 e. The maximum atomic E-state index is 5.33. The Morgan fingerprint density at radius 1 is 0.262 bits per heavy atom. The van der Waals surface area contributed by atoms with Gasteiger partial charge in [-0.1, -0.05) is 206 Å². The highest BCUT2D eigenvalue weighted by Gasteiger charge is 2.23. The molecule has 0 atom stereocenters. The molecule has 11 aromatic rings. The highest BCUT2D eigenvalue weighted by molar-refractivity contribution is 6.12. The van der Waals surface area contributed by atoms with Crippen LogP contribution in [0.4, 0.5) is 0 Å². The first-order valence-corrected chi connectivity index (χ1v) is 20.7. The lowest BCUT2D eigenvalue weighted by molar-refractivity contribution is 1.17. The van der Waals surface area contributed by atoms with Crippen molar-refractivity contribution in [2.45, 2.75) is 0 Å². The first kappa shape index (κ1) is 36.0. The minimum Gasteiger partial charge on any atom is -0.308 e. The Hall–Kier alpha value is -8.14. The number of nitrogens with zero attached hydrogens (tertiary/aromatic N) is 3. The summed E-state index contributed by atoms with van der Waals surface area (Å²) in [5.41, 5.74) is 17.2. The second-order valence-electron chi connectivity index (χ2n) is 15.4. The highest BCUT2D eigenvalue weighted by atomic mass is 15.0. The monoisotopic (exact) mass is 777 g/mol. The number of fused-ring (bicyclic) bond motifs is 3. The van der Waals surface area contributed by atoms with Crippen LogP contribution in [0.25, 0.3) is 106 Å². The number of aromatic nitrogens is 3. The van der Waals surface area contributed by atoms with Crippen molar-refractivity contribution in [3.8, 4) is 84.1 Å². The standard InChI is InChI=1S/C58H39N3/c1-7-19-40(20-8-1)46-31-33-49-50-34-32-47(41-21-9-2-10-22-41)38-56(50)61(55(49)37-46)57-51(42-23-11-3-12-24-42)35-48(36-52(57)43-25-13-4-14-26-43)58-59-53(44-27-15-5-16-28-44)39-54(60-58)45-29-17-6-18-30-45/h1-39H. The van der Waals surface area contributed by atoms with Crippen LogP contribution in [0.5, 0.6) is 0 Å². The average Bonchev–Trinajstić information content (AvgIpc) is 3.67. The summed E-state index contributed by atoms with van der Waals surface area (Å²) in [5, 5.41) is 2.39. The molecule has 0 unspecified atom stereocenters. The van der Waals surface area contributed by atoms with Crippen molar-refractivity contribution in [1.82, 2.24) is 14.5 Å². The molecule has 9 aromatic carbocycles. The summed E-state index contributed by atoms with van der Waals surface area (Å²) < 4.78 is 2.51. The van der Waals surface area contributed by atoms with E-state index in [1.165, 1.54) is 33.0 Å². The van der Waals surface area contributed by atoms with E-state index in [1.807, 2.05) is 12.1 Å². The Balaban J connectivity index is 1.26. The van der Waals surface area contributed by atoms with Crippen molar-refractivity contribution in [3.63, 3.8) is 0 Å². The van der Waals surface area contributed by atoms with Gasteiger partial charge in [0.25, 0.3) is 0 Å². The van der Waals surface area contributed by atoms with E-state index >= 15 is 0 Å². The minimum absolute atomic E-state index is 0.668. The first-order valence-electron chi connectivity index (χ1n) is 20.7. The molecule has 0 spiro atoms. The summed E-state index contributed by atoms with van der Waals surface area (Å²) in [4.78, 5) is 10.7. The lowest BCUT2D eigenvalue weighted by atomic mass is 9.92. The van der Waals surface area contributed by atoms with Gasteiger partial charge in [0.15, 0.2) is 5.82 Å². The van der Waals surface area contributed by atoms with Crippen molar-refractivity contribution in [2.75, 3.05) is 0 Å². The van der Waals surface area contributed by atoms with Crippen LogP contribution < -0.4 is 0 Å². The Morgan fingerprint density at radius 3 is 0.984 bits per heavy atom. The Kier molecular flexibility index (Phi) is 9.18. The molecular formula is C58H39N3. The van der Waals surface area contributed by atoms with Crippen molar-refractivity contribution in [3.05, 3.63) is 237 Å². The van der Waals surface area contributed by atoms with Gasteiger partial charge >= 0.3 is 0 Å². The highest BCUT2D eigenvalue weighted by Crippen LogP contribution is 2.45. The Morgan fingerprint density at radius 2 is 0.607 bits per heavy atom. The molecule has 286 valence electrons. The van der Waals surface area contributed by atoms with E-state index in [0.29, 0.717) is 5.82 Å². The molecule has 0 saturated carbocycles. The van der Waals surface area contributed by atoms with Crippen LogP contribution in [0.15, 0.2) is 237 Å². The molecule has 2 heterocycles. The summed E-state index contributed by atoms with van der Waals surface area (Å²) in [6, 6.07) is 84.2. The van der Waals surface area contributed by atoms with Crippen molar-refractivity contribution >= 4 is 21.8 Å². The van der Waals surface area contributed by atoms with E-state index in [2.05, 4.69) is 229 Å². The minimum atomic E-state index is 0.668. The van der Waals surface area contributed by atoms with E-state index in [4.69, 9.17) is 9.97 Å². The van der Waals surface area contributed by atoms with Crippen molar-refractivity contribution < 1.29 is 0 Å². The molecule has 0 aliphatic carbocycles. The number of hydrogen-bond donors (Lipinski definition) is 0. The Bertz CT molecular complexity index is 3090. The zero-order valence-electron chi connectivity index (χ0n) is 33.4. The van der Waals surface area contributed by atoms with Gasteiger partial charge in [-0.05, 0) is 63.7 Å². The molecule has 0 radical (unpaired) electrons. The molecule has 0 bridgehead atoms. The predicted molar refractivity (Wildman–Crippen MR) is 254 cm³/mol. The smallest absolute Gasteiger partial charge is 0.160 e. The van der Waals surface area contributed by atoms with Gasteiger partial charge in [0.1, 0.15) is 0 Å². The third-order valence-corrected chi connectivity index (χ3v) is 11.6. The van der Waals surface area contributed by atoms with Crippen LogP contribution in [0.1, 0.15) is 0 Å². The van der Waals surface area contributed by atoms with Crippen LogP contribution in [0, 0.1) is 0 Å². The fourth-order valence-corrected chi connectivity index (χ4v) is 8.65. The zero-order valence-corrected chi connectivity index (χ0v) is 33.4. The van der Waals surface area contributed by atoms with Crippen molar-refractivity contribution in [2.24, 2.45) is 0 Å². The van der Waals surface area contributed by atoms with Gasteiger partial charge < -0.3 is 4.57 Å². The molecule has 0 fully saturated rings. The van der Waals surface area contributed by atoms with Gasteiger partial charge in [0, 0.05) is 38.6 Å². The third-order valence-electron chi connectivity index (χ3n) is 11.6. The normalized spacial score (nSPS) is 11.3. The van der Waals surface area contributed by atoms with Crippen molar-refractivity contribution in [1.29, 1.82) is 0 Å². The van der Waals surface area contributed by atoms with Crippen LogP contribution in [0.2, 0.25) is 0 Å². The summed E-state index contributed by atoms with van der Waals surface area (Å²) >= 11 is 0. The summed E-state index contributed by atoms with van der Waals surface area (Å²) in [6.45, 7) is 0. The zero-order chi connectivity index (χ0) is 40.5. The first-order chi connectivity index (χ1) is 30.2. The SMILES string of the molecule is c1ccc(-c2ccc3c4ccc(-c5ccccc5)cc4n(-c4c(-c5ccccc5)cc(-c5nc(-c6ccccc6)cc(-c6ccccc6)n5)cc4-c4ccccc4)c3c2)cc1. The molecular weight excluding hydrogens is 739 g/mol. The van der Waals surface area contributed by atoms with Gasteiger partial charge in [-0.3, -0.25) is 0 Å². The van der Waals surface area contributed by atoms with Gasteiger partial charge in [-0.2, -0.15) is 0 Å². The third kappa shape index (κ3) is 6.78. The molecule has 0 amide bonds. The molecule has 3 nitrogen and oxygen atoms in total. The summed E-state index contributed by atoms with van der Waals surface area (Å²) in [6.07, 6.45) is 0. The molecule has 0 aliphatic heterocycles. The van der Waals surface area contributed by atoms with Gasteiger partial charge in [0.05, 0.1) is 28.1 Å². The predicted octanol–water partition coefficient (Wildman–Crippen LogP) is 15.2. The van der Waals surface area contributed by atoms with Crippen LogP contribution in [0.3, 0.4) is 0 Å². The number of benzene rings is 9. The van der Waals surface area contributed by atoms with E-state index in [-0.39, 0.29) is 0 Å². The van der Waals surface area contributed by atoms with Crippen LogP contribution >= 0.6 is 0 Å². The second-order valence-corrected chi connectivity index (χ2v) is 15.4. The van der Waals surface area contributed by atoms with Crippen LogP contribution in [-0.2, 0) is 0 Å². The van der Waals surface area contributed by atoms with E-state index in [1.54, 1.807) is 0 Å². The molecule has 0 aliphatic rings. The molecule has 2 aromatic heterocycles. The fraction of sp³-hybridized carbons (Fsp3) is 0. The number of hydrogen-bond acceptors (Lipinski definition) is 2. The molecule has 61 heavy (non-hydrogen) atoms. The molecule has 11 rings (SSSR count).